The van der Waals surface area contributed by atoms with Crippen molar-refractivity contribution in [2.45, 2.75) is 25.3 Å². The molecule has 0 saturated carbocycles. The molecule has 1 aromatic heterocycles. The number of fused-ring (bicyclic) bond motifs is 1. The zero-order chi connectivity index (χ0) is 14.7. The van der Waals surface area contributed by atoms with Crippen LogP contribution >= 0.6 is 0 Å². The van der Waals surface area contributed by atoms with Crippen LogP contribution in [0, 0.1) is 5.82 Å². The highest BCUT2D eigenvalue weighted by Crippen LogP contribution is 2.41. The Labute approximate surface area is 124 Å². The second-order valence-corrected chi connectivity index (χ2v) is 5.32. The molecule has 1 aliphatic rings. The van der Waals surface area contributed by atoms with Crippen molar-refractivity contribution in [1.29, 1.82) is 0 Å². The number of para-hydroxylation sites is 1. The largest absolute Gasteiger partial charge is 0.493 e. The van der Waals surface area contributed by atoms with Gasteiger partial charge in [-0.2, -0.15) is 0 Å². The first kappa shape index (κ1) is 14.0. The molecule has 2 unspecified atom stereocenters. The van der Waals surface area contributed by atoms with Gasteiger partial charge in [-0.1, -0.05) is 25.1 Å². The van der Waals surface area contributed by atoms with Gasteiger partial charge in [0.2, 0.25) is 0 Å². The normalized spacial score (nSPS) is 18.1. The van der Waals surface area contributed by atoms with E-state index >= 15 is 0 Å². The van der Waals surface area contributed by atoms with E-state index in [-0.39, 0.29) is 17.8 Å². The summed E-state index contributed by atoms with van der Waals surface area (Å²) in [6, 6.07) is 9.62. The van der Waals surface area contributed by atoms with E-state index < -0.39 is 0 Å². The zero-order valence-corrected chi connectivity index (χ0v) is 12.1. The van der Waals surface area contributed by atoms with E-state index in [4.69, 9.17) is 4.74 Å². The molecule has 21 heavy (non-hydrogen) atoms. The average molecular weight is 286 g/mol. The summed E-state index contributed by atoms with van der Waals surface area (Å²) in [5, 5.41) is 3.51. The Balaban J connectivity index is 1.93. The number of halogens is 1. The fraction of sp³-hybridized carbons (Fsp3) is 0.353. The maximum Gasteiger partial charge on any atom is 0.141 e. The topological polar surface area (TPSA) is 34.2 Å². The fourth-order valence-corrected chi connectivity index (χ4v) is 2.85. The smallest absolute Gasteiger partial charge is 0.141 e. The molecule has 0 bridgehead atoms. The standard InChI is InChI=1S/C17H19FN2O/c1-2-7-20-17(12-8-13(18)10-19-9-12)15-11-21-16-6-4-3-5-14(15)16/h3-6,8-10,15,17,20H,2,7,11H2,1H3. The summed E-state index contributed by atoms with van der Waals surface area (Å²) in [6.07, 6.45) is 3.99. The van der Waals surface area contributed by atoms with Crippen LogP contribution in [-0.4, -0.2) is 18.1 Å². The second-order valence-electron chi connectivity index (χ2n) is 5.32. The van der Waals surface area contributed by atoms with Gasteiger partial charge in [0.25, 0.3) is 0 Å². The molecule has 0 aliphatic carbocycles. The van der Waals surface area contributed by atoms with Gasteiger partial charge in [-0.05, 0) is 30.7 Å². The highest BCUT2D eigenvalue weighted by molar-refractivity contribution is 5.42. The third kappa shape index (κ3) is 2.90. The molecule has 0 fully saturated rings. The van der Waals surface area contributed by atoms with Crippen LogP contribution in [0.1, 0.15) is 36.4 Å². The number of hydrogen-bond acceptors (Lipinski definition) is 3. The van der Waals surface area contributed by atoms with E-state index in [1.165, 1.54) is 11.8 Å². The Kier molecular flexibility index (Phi) is 4.15. The van der Waals surface area contributed by atoms with Crippen LogP contribution in [0.25, 0.3) is 0 Å². The van der Waals surface area contributed by atoms with E-state index in [9.17, 15) is 4.39 Å². The number of benzene rings is 1. The third-order valence-electron chi connectivity index (χ3n) is 3.84. The first-order valence-electron chi connectivity index (χ1n) is 7.35. The van der Waals surface area contributed by atoms with Gasteiger partial charge in [-0.3, -0.25) is 4.98 Å². The van der Waals surface area contributed by atoms with Crippen LogP contribution in [0.5, 0.6) is 5.75 Å². The van der Waals surface area contributed by atoms with Gasteiger partial charge in [-0.15, -0.1) is 0 Å². The summed E-state index contributed by atoms with van der Waals surface area (Å²) in [5.74, 6) is 0.800. The quantitative estimate of drug-likeness (QED) is 0.914. The van der Waals surface area contributed by atoms with Crippen LogP contribution in [0.15, 0.2) is 42.7 Å². The number of aromatic nitrogens is 1. The minimum Gasteiger partial charge on any atom is -0.493 e. The molecule has 0 saturated heterocycles. The van der Waals surface area contributed by atoms with E-state index in [0.29, 0.717) is 6.61 Å². The summed E-state index contributed by atoms with van der Waals surface area (Å²) in [6.45, 7) is 3.60. The molecule has 2 atom stereocenters. The predicted molar refractivity (Wildman–Crippen MR) is 79.9 cm³/mol. The summed E-state index contributed by atoms with van der Waals surface area (Å²) in [5.41, 5.74) is 2.05. The highest BCUT2D eigenvalue weighted by Gasteiger charge is 2.32. The third-order valence-corrected chi connectivity index (χ3v) is 3.84. The van der Waals surface area contributed by atoms with Crippen molar-refractivity contribution in [3.8, 4) is 5.75 Å². The maximum absolute atomic E-state index is 13.5. The predicted octanol–water partition coefficient (Wildman–Crippen LogP) is 3.44. The maximum atomic E-state index is 13.5. The van der Waals surface area contributed by atoms with Crippen LogP contribution < -0.4 is 10.1 Å². The number of hydrogen-bond donors (Lipinski definition) is 1. The molecule has 3 rings (SSSR count). The lowest BCUT2D eigenvalue weighted by molar-refractivity contribution is 0.299. The van der Waals surface area contributed by atoms with E-state index in [0.717, 1.165) is 24.3 Å². The van der Waals surface area contributed by atoms with Crippen molar-refractivity contribution < 1.29 is 9.13 Å². The molecule has 110 valence electrons. The molecular formula is C17H19FN2O. The molecule has 1 aliphatic heterocycles. The summed E-state index contributed by atoms with van der Waals surface area (Å²) in [4.78, 5) is 3.98. The van der Waals surface area contributed by atoms with Crippen LogP contribution in [0.3, 0.4) is 0 Å². The van der Waals surface area contributed by atoms with E-state index in [2.05, 4.69) is 23.3 Å². The second kappa shape index (κ2) is 6.22. The minimum atomic E-state index is -0.303. The van der Waals surface area contributed by atoms with Gasteiger partial charge in [0, 0.05) is 23.7 Å². The lowest BCUT2D eigenvalue weighted by atomic mass is 9.89. The van der Waals surface area contributed by atoms with Crippen LogP contribution in [0.2, 0.25) is 0 Å². The van der Waals surface area contributed by atoms with Crippen LogP contribution in [0.4, 0.5) is 4.39 Å². The van der Waals surface area contributed by atoms with Crippen molar-refractivity contribution in [1.82, 2.24) is 10.3 Å². The molecule has 1 aromatic carbocycles. The number of ether oxygens (including phenoxy) is 1. The molecule has 4 heteroatoms. The summed E-state index contributed by atoms with van der Waals surface area (Å²) in [7, 11) is 0. The monoisotopic (exact) mass is 286 g/mol. The number of nitrogens with zero attached hydrogens (tertiary/aromatic N) is 1. The first-order chi connectivity index (χ1) is 10.3. The minimum absolute atomic E-state index is 0.0109. The molecule has 2 aromatic rings. The lowest BCUT2D eigenvalue weighted by Gasteiger charge is -2.24. The SMILES string of the molecule is CCCNC(c1cncc(F)c1)C1COc2ccccc21. The van der Waals surface area contributed by atoms with Gasteiger partial charge in [0.1, 0.15) is 11.6 Å². The van der Waals surface area contributed by atoms with Gasteiger partial charge in [0.05, 0.1) is 12.8 Å². The zero-order valence-electron chi connectivity index (χ0n) is 12.1. The number of pyridine rings is 1. The molecule has 0 radical (unpaired) electrons. The van der Waals surface area contributed by atoms with Gasteiger partial charge in [0.15, 0.2) is 0 Å². The molecule has 0 amide bonds. The summed E-state index contributed by atoms with van der Waals surface area (Å²) < 4.78 is 19.3. The highest BCUT2D eigenvalue weighted by atomic mass is 19.1. The van der Waals surface area contributed by atoms with E-state index in [1.807, 2.05) is 18.2 Å². The van der Waals surface area contributed by atoms with E-state index in [1.54, 1.807) is 12.3 Å². The molecule has 1 N–H and O–H groups in total. The van der Waals surface area contributed by atoms with Crippen molar-refractivity contribution in [2.75, 3.05) is 13.2 Å². The van der Waals surface area contributed by atoms with Gasteiger partial charge >= 0.3 is 0 Å². The van der Waals surface area contributed by atoms with Gasteiger partial charge < -0.3 is 10.1 Å². The van der Waals surface area contributed by atoms with Crippen molar-refractivity contribution in [3.05, 3.63) is 59.7 Å². The van der Waals surface area contributed by atoms with Crippen molar-refractivity contribution >= 4 is 0 Å². The first-order valence-corrected chi connectivity index (χ1v) is 7.35. The lowest BCUT2D eigenvalue weighted by Crippen LogP contribution is -2.29. The molecular weight excluding hydrogens is 267 g/mol. The Morgan fingerprint density at radius 2 is 2.24 bits per heavy atom. The Bertz CT molecular complexity index is 617. The average Bonchev–Trinajstić information content (AvgIpc) is 2.92. The number of nitrogens with one attached hydrogen (secondary N) is 1. The van der Waals surface area contributed by atoms with Gasteiger partial charge in [-0.25, -0.2) is 4.39 Å². The van der Waals surface area contributed by atoms with Crippen molar-refractivity contribution in [2.24, 2.45) is 0 Å². The molecule has 3 nitrogen and oxygen atoms in total. The van der Waals surface area contributed by atoms with Crippen LogP contribution in [-0.2, 0) is 0 Å². The summed E-state index contributed by atoms with van der Waals surface area (Å²) >= 11 is 0. The fourth-order valence-electron chi connectivity index (χ4n) is 2.85. The molecule has 0 spiro atoms. The molecule has 2 heterocycles. The Morgan fingerprint density at radius 1 is 1.38 bits per heavy atom. The Morgan fingerprint density at radius 3 is 3.05 bits per heavy atom. The van der Waals surface area contributed by atoms with Crippen molar-refractivity contribution in [3.63, 3.8) is 0 Å². The Hall–Kier alpha value is -1.94. The number of rotatable bonds is 5.